The molecular formula is C25H29F2N3. The van der Waals surface area contributed by atoms with E-state index in [9.17, 15) is 8.78 Å². The van der Waals surface area contributed by atoms with Crippen LogP contribution in [0.1, 0.15) is 24.1 Å². The van der Waals surface area contributed by atoms with Gasteiger partial charge in [0.25, 0.3) is 0 Å². The smallest absolute Gasteiger partial charge is 0.123 e. The van der Waals surface area contributed by atoms with Gasteiger partial charge < -0.3 is 9.80 Å². The summed E-state index contributed by atoms with van der Waals surface area (Å²) in [4.78, 5) is 9.51. The van der Waals surface area contributed by atoms with Crippen LogP contribution in [0.5, 0.6) is 0 Å². The van der Waals surface area contributed by atoms with Crippen LogP contribution in [0.2, 0.25) is 0 Å². The van der Waals surface area contributed by atoms with Gasteiger partial charge in [0.05, 0.1) is 11.2 Å². The van der Waals surface area contributed by atoms with E-state index in [0.29, 0.717) is 5.92 Å². The molecule has 0 bridgehead atoms. The lowest BCUT2D eigenvalue weighted by Crippen LogP contribution is -2.38. The molecule has 4 rings (SSSR count). The predicted molar refractivity (Wildman–Crippen MR) is 117 cm³/mol. The van der Waals surface area contributed by atoms with Gasteiger partial charge in [0, 0.05) is 25.0 Å². The second-order valence-electron chi connectivity index (χ2n) is 8.50. The normalized spacial score (nSPS) is 15.9. The quantitative estimate of drug-likeness (QED) is 0.553. The number of piperidine rings is 1. The predicted octanol–water partition coefficient (Wildman–Crippen LogP) is 4.90. The van der Waals surface area contributed by atoms with Gasteiger partial charge in [-0.15, -0.1) is 0 Å². The number of nitrogens with zero attached hydrogens (tertiary/aromatic N) is 3. The maximum atomic E-state index is 13.3. The molecule has 2 aromatic carbocycles. The fourth-order valence-electron chi connectivity index (χ4n) is 4.38. The number of fused-ring (bicyclic) bond motifs is 1. The van der Waals surface area contributed by atoms with Crippen molar-refractivity contribution in [2.45, 2.75) is 25.8 Å². The Morgan fingerprint density at radius 1 is 1.00 bits per heavy atom. The molecule has 158 valence electrons. The summed E-state index contributed by atoms with van der Waals surface area (Å²) in [6.07, 6.45) is 3.29. The van der Waals surface area contributed by atoms with E-state index in [1.807, 2.05) is 18.2 Å². The molecule has 3 aromatic rings. The van der Waals surface area contributed by atoms with Crippen molar-refractivity contribution in [3.63, 3.8) is 0 Å². The Balaban J connectivity index is 1.22. The zero-order valence-corrected chi connectivity index (χ0v) is 17.5. The lowest BCUT2D eigenvalue weighted by molar-refractivity contribution is 0.153. The monoisotopic (exact) mass is 409 g/mol. The zero-order valence-electron chi connectivity index (χ0n) is 17.5. The van der Waals surface area contributed by atoms with Crippen LogP contribution in [0, 0.1) is 17.6 Å². The van der Waals surface area contributed by atoms with E-state index >= 15 is 0 Å². The minimum absolute atomic E-state index is 0.151. The average molecular weight is 410 g/mol. The van der Waals surface area contributed by atoms with E-state index < -0.39 is 0 Å². The van der Waals surface area contributed by atoms with Gasteiger partial charge in [-0.25, -0.2) is 8.78 Å². The topological polar surface area (TPSA) is 19.4 Å². The van der Waals surface area contributed by atoms with E-state index in [4.69, 9.17) is 0 Å². The minimum atomic E-state index is -0.226. The first-order chi connectivity index (χ1) is 14.5. The second-order valence-corrected chi connectivity index (χ2v) is 8.50. The van der Waals surface area contributed by atoms with Crippen LogP contribution >= 0.6 is 0 Å². The summed E-state index contributed by atoms with van der Waals surface area (Å²) in [6.45, 7) is 5.06. The van der Waals surface area contributed by atoms with Crippen molar-refractivity contribution in [2.24, 2.45) is 5.92 Å². The van der Waals surface area contributed by atoms with Crippen molar-refractivity contribution in [3.8, 4) is 0 Å². The summed E-state index contributed by atoms with van der Waals surface area (Å²) in [5, 5.41) is 0.840. The Kier molecular flexibility index (Phi) is 6.70. The first kappa shape index (κ1) is 20.9. The molecule has 5 heteroatoms. The Morgan fingerprint density at radius 2 is 1.80 bits per heavy atom. The molecule has 0 atom stereocenters. The number of rotatable bonds is 7. The third kappa shape index (κ3) is 5.61. The Labute approximate surface area is 177 Å². The fraction of sp³-hybridized carbons (Fsp3) is 0.400. The average Bonchev–Trinajstić information content (AvgIpc) is 2.73. The molecular weight excluding hydrogens is 380 g/mol. The Bertz CT molecular complexity index is 983. The number of benzene rings is 2. The van der Waals surface area contributed by atoms with Crippen LogP contribution in [0.15, 0.2) is 54.6 Å². The van der Waals surface area contributed by atoms with Crippen LogP contribution in [0.3, 0.4) is 0 Å². The molecule has 0 spiro atoms. The Morgan fingerprint density at radius 3 is 2.60 bits per heavy atom. The van der Waals surface area contributed by atoms with Crippen molar-refractivity contribution in [1.29, 1.82) is 0 Å². The summed E-state index contributed by atoms with van der Waals surface area (Å²) < 4.78 is 26.6. The highest BCUT2D eigenvalue weighted by Crippen LogP contribution is 2.20. The van der Waals surface area contributed by atoms with Crippen molar-refractivity contribution < 1.29 is 8.78 Å². The first-order valence-corrected chi connectivity index (χ1v) is 10.8. The van der Waals surface area contributed by atoms with Gasteiger partial charge in [-0.05, 0) is 87.3 Å². The molecule has 1 aliphatic rings. The third-order valence-corrected chi connectivity index (χ3v) is 6.02. The maximum Gasteiger partial charge on any atom is 0.123 e. The highest BCUT2D eigenvalue weighted by atomic mass is 19.1. The zero-order chi connectivity index (χ0) is 20.9. The van der Waals surface area contributed by atoms with Gasteiger partial charge in [-0.1, -0.05) is 18.2 Å². The summed E-state index contributed by atoms with van der Waals surface area (Å²) in [7, 11) is 2.15. The molecule has 1 saturated heterocycles. The number of likely N-dealkylation sites (tertiary alicyclic amines) is 1. The molecule has 0 N–H and O–H groups in total. The molecule has 0 aliphatic carbocycles. The number of aromatic nitrogens is 1. The molecule has 0 radical (unpaired) electrons. The summed E-state index contributed by atoms with van der Waals surface area (Å²) in [5.41, 5.74) is 2.93. The lowest BCUT2D eigenvalue weighted by Gasteiger charge is -2.34. The van der Waals surface area contributed by atoms with Crippen molar-refractivity contribution in [1.82, 2.24) is 14.8 Å². The molecule has 0 saturated carbocycles. The van der Waals surface area contributed by atoms with Gasteiger partial charge in [-0.2, -0.15) is 0 Å². The summed E-state index contributed by atoms with van der Waals surface area (Å²) in [5.74, 6) is 0.314. The van der Waals surface area contributed by atoms with E-state index in [0.717, 1.165) is 61.3 Å². The van der Waals surface area contributed by atoms with Gasteiger partial charge in [0.2, 0.25) is 0 Å². The highest BCUT2D eigenvalue weighted by Gasteiger charge is 2.20. The molecule has 30 heavy (non-hydrogen) atoms. The molecule has 1 aliphatic heterocycles. The molecule has 0 unspecified atom stereocenters. The van der Waals surface area contributed by atoms with Gasteiger partial charge in [0.1, 0.15) is 11.6 Å². The lowest BCUT2D eigenvalue weighted by atomic mass is 9.96. The molecule has 3 nitrogen and oxygen atoms in total. The largest absolute Gasteiger partial charge is 0.303 e. The minimum Gasteiger partial charge on any atom is -0.303 e. The second kappa shape index (κ2) is 9.63. The van der Waals surface area contributed by atoms with Crippen molar-refractivity contribution in [3.05, 3.63) is 77.5 Å². The van der Waals surface area contributed by atoms with Gasteiger partial charge in [-0.3, -0.25) is 4.98 Å². The van der Waals surface area contributed by atoms with Crippen LogP contribution in [-0.4, -0.2) is 48.0 Å². The number of halogens is 2. The fourth-order valence-corrected chi connectivity index (χ4v) is 4.38. The van der Waals surface area contributed by atoms with Crippen molar-refractivity contribution >= 4 is 10.9 Å². The van der Waals surface area contributed by atoms with E-state index in [-0.39, 0.29) is 11.6 Å². The van der Waals surface area contributed by atoms with Gasteiger partial charge in [0.15, 0.2) is 0 Å². The maximum absolute atomic E-state index is 13.3. The van der Waals surface area contributed by atoms with Crippen LogP contribution in [0.25, 0.3) is 10.9 Å². The number of hydrogen-bond acceptors (Lipinski definition) is 3. The van der Waals surface area contributed by atoms with Crippen LogP contribution in [0.4, 0.5) is 8.78 Å². The molecule has 1 fully saturated rings. The first-order valence-electron chi connectivity index (χ1n) is 10.8. The third-order valence-electron chi connectivity index (χ3n) is 6.02. The highest BCUT2D eigenvalue weighted by molar-refractivity contribution is 5.78. The molecule has 1 aromatic heterocycles. The number of pyridine rings is 1. The molecule has 0 amide bonds. The molecule has 2 heterocycles. The van der Waals surface area contributed by atoms with E-state index in [1.165, 1.54) is 31.0 Å². The summed E-state index contributed by atoms with van der Waals surface area (Å²) in [6, 6.07) is 15.6. The van der Waals surface area contributed by atoms with Crippen LogP contribution in [-0.2, 0) is 13.0 Å². The standard InChI is InChI=1S/C25H29F2N3/c1-29(18-24-7-5-21-16-23(27)6-8-25(21)28-24)17-20-10-13-30(14-11-20)12-9-19-3-2-4-22(26)15-19/h2-8,15-16,20H,9-14,17-18H2,1H3. The van der Waals surface area contributed by atoms with Crippen LogP contribution < -0.4 is 0 Å². The number of hydrogen-bond donors (Lipinski definition) is 0. The Hall–Kier alpha value is -2.37. The van der Waals surface area contributed by atoms with Gasteiger partial charge >= 0.3 is 0 Å². The van der Waals surface area contributed by atoms with E-state index in [2.05, 4.69) is 21.8 Å². The summed E-state index contributed by atoms with van der Waals surface area (Å²) >= 11 is 0. The van der Waals surface area contributed by atoms with E-state index in [1.54, 1.807) is 18.2 Å². The van der Waals surface area contributed by atoms with Crippen molar-refractivity contribution in [2.75, 3.05) is 33.2 Å². The SMILES string of the molecule is CN(Cc1ccc2cc(F)ccc2n1)CC1CCN(CCc2cccc(F)c2)CC1.